The Bertz CT molecular complexity index is 260. The van der Waals surface area contributed by atoms with Gasteiger partial charge in [0, 0.05) is 18.5 Å². The molecular formula is C17H34N2O. The van der Waals surface area contributed by atoms with Gasteiger partial charge in [-0.25, -0.2) is 0 Å². The fraction of sp³-hybridized carbons (Fsp3) is 0.941. The zero-order valence-electron chi connectivity index (χ0n) is 13.6. The summed E-state index contributed by atoms with van der Waals surface area (Å²) >= 11 is 0. The van der Waals surface area contributed by atoms with E-state index in [-0.39, 0.29) is 11.4 Å². The van der Waals surface area contributed by atoms with Crippen molar-refractivity contribution in [1.82, 2.24) is 10.6 Å². The summed E-state index contributed by atoms with van der Waals surface area (Å²) in [6.45, 7) is 3.09. The van der Waals surface area contributed by atoms with Crippen molar-refractivity contribution in [3.8, 4) is 0 Å². The van der Waals surface area contributed by atoms with Crippen molar-refractivity contribution < 1.29 is 4.79 Å². The normalized spacial score (nSPS) is 17.9. The second-order valence-corrected chi connectivity index (χ2v) is 6.39. The van der Waals surface area contributed by atoms with Crippen LogP contribution in [0.2, 0.25) is 0 Å². The minimum atomic E-state index is 0.0729. The van der Waals surface area contributed by atoms with Crippen molar-refractivity contribution >= 4 is 5.91 Å². The van der Waals surface area contributed by atoms with E-state index >= 15 is 0 Å². The molecule has 0 bridgehead atoms. The van der Waals surface area contributed by atoms with Gasteiger partial charge in [-0.3, -0.25) is 4.79 Å². The maximum atomic E-state index is 12.1. The van der Waals surface area contributed by atoms with Crippen LogP contribution >= 0.6 is 0 Å². The van der Waals surface area contributed by atoms with E-state index in [1.54, 1.807) is 0 Å². The monoisotopic (exact) mass is 282 g/mol. The molecule has 1 aliphatic carbocycles. The Kier molecular flexibility index (Phi) is 8.92. The summed E-state index contributed by atoms with van der Waals surface area (Å²) < 4.78 is 0. The van der Waals surface area contributed by atoms with Crippen molar-refractivity contribution in [3.05, 3.63) is 0 Å². The summed E-state index contributed by atoms with van der Waals surface area (Å²) in [7, 11) is 2.01. The zero-order valence-corrected chi connectivity index (χ0v) is 13.6. The Morgan fingerprint density at radius 2 is 1.65 bits per heavy atom. The lowest BCUT2D eigenvalue weighted by Crippen LogP contribution is -2.48. The largest absolute Gasteiger partial charge is 0.356 e. The molecule has 118 valence electrons. The molecule has 20 heavy (non-hydrogen) atoms. The number of unbranched alkanes of at least 4 members (excludes halogenated alkanes) is 5. The molecule has 0 unspecified atom stereocenters. The molecule has 1 aliphatic rings. The summed E-state index contributed by atoms with van der Waals surface area (Å²) in [5.74, 6) is 0.231. The first-order valence-electron chi connectivity index (χ1n) is 8.68. The van der Waals surface area contributed by atoms with Gasteiger partial charge in [-0.2, -0.15) is 0 Å². The number of amides is 1. The van der Waals surface area contributed by atoms with Crippen molar-refractivity contribution in [2.24, 2.45) is 0 Å². The Hall–Kier alpha value is -0.570. The van der Waals surface area contributed by atoms with Gasteiger partial charge in [-0.1, -0.05) is 58.3 Å². The Labute approximate surface area is 125 Å². The molecule has 0 saturated heterocycles. The van der Waals surface area contributed by atoms with Gasteiger partial charge in [-0.05, 0) is 26.3 Å². The number of hydrogen-bond acceptors (Lipinski definition) is 2. The van der Waals surface area contributed by atoms with Crippen LogP contribution in [-0.2, 0) is 4.79 Å². The van der Waals surface area contributed by atoms with Crippen molar-refractivity contribution in [2.75, 3.05) is 13.6 Å². The van der Waals surface area contributed by atoms with Crippen LogP contribution in [0, 0.1) is 0 Å². The average Bonchev–Trinajstić information content (AvgIpc) is 2.47. The fourth-order valence-corrected chi connectivity index (χ4v) is 3.25. The van der Waals surface area contributed by atoms with Gasteiger partial charge < -0.3 is 10.6 Å². The number of nitrogens with one attached hydrogen (secondary N) is 2. The van der Waals surface area contributed by atoms with E-state index in [9.17, 15) is 4.79 Å². The van der Waals surface area contributed by atoms with E-state index in [2.05, 4.69) is 17.6 Å². The summed E-state index contributed by atoms with van der Waals surface area (Å²) in [6.07, 6.45) is 14.4. The number of carbonyl (C=O) groups is 1. The van der Waals surface area contributed by atoms with Crippen LogP contribution < -0.4 is 10.6 Å². The summed E-state index contributed by atoms with van der Waals surface area (Å²) in [6, 6.07) is 0. The molecule has 1 saturated carbocycles. The van der Waals surface area contributed by atoms with Crippen LogP contribution in [0.25, 0.3) is 0 Å². The third-order valence-corrected chi connectivity index (χ3v) is 4.69. The summed E-state index contributed by atoms with van der Waals surface area (Å²) in [5, 5.41) is 6.51. The fourth-order valence-electron chi connectivity index (χ4n) is 3.25. The van der Waals surface area contributed by atoms with E-state index < -0.39 is 0 Å². The molecule has 3 nitrogen and oxygen atoms in total. The maximum Gasteiger partial charge on any atom is 0.221 e. The van der Waals surface area contributed by atoms with E-state index in [0.29, 0.717) is 6.42 Å². The molecule has 1 fully saturated rings. The lowest BCUT2D eigenvalue weighted by atomic mass is 9.79. The molecular weight excluding hydrogens is 248 g/mol. The molecule has 1 rings (SSSR count). The SMILES string of the molecule is CCCCCCCCNC(=O)CC1(NC)CCCCC1. The molecule has 0 aliphatic heterocycles. The average molecular weight is 282 g/mol. The van der Waals surface area contributed by atoms with Crippen molar-refractivity contribution in [3.63, 3.8) is 0 Å². The second kappa shape index (κ2) is 10.2. The highest BCUT2D eigenvalue weighted by atomic mass is 16.1. The lowest BCUT2D eigenvalue weighted by molar-refractivity contribution is -0.122. The van der Waals surface area contributed by atoms with Crippen LogP contribution in [0.5, 0.6) is 0 Å². The van der Waals surface area contributed by atoms with Crippen LogP contribution in [0.1, 0.15) is 84.0 Å². The molecule has 0 spiro atoms. The minimum Gasteiger partial charge on any atom is -0.356 e. The predicted octanol–water partition coefficient (Wildman–Crippen LogP) is 3.78. The molecule has 0 heterocycles. The van der Waals surface area contributed by atoms with E-state index in [4.69, 9.17) is 0 Å². The molecule has 0 radical (unpaired) electrons. The molecule has 2 N–H and O–H groups in total. The highest BCUT2D eigenvalue weighted by molar-refractivity contribution is 5.77. The third kappa shape index (κ3) is 6.74. The van der Waals surface area contributed by atoms with E-state index in [0.717, 1.165) is 25.8 Å². The lowest BCUT2D eigenvalue weighted by Gasteiger charge is -2.36. The summed E-state index contributed by atoms with van der Waals surface area (Å²) in [5.41, 5.74) is 0.0729. The van der Waals surface area contributed by atoms with Gasteiger partial charge in [0.15, 0.2) is 0 Å². The van der Waals surface area contributed by atoms with Crippen molar-refractivity contribution in [1.29, 1.82) is 0 Å². The molecule has 0 aromatic heterocycles. The topological polar surface area (TPSA) is 41.1 Å². The molecule has 0 atom stereocenters. The number of hydrogen-bond donors (Lipinski definition) is 2. The minimum absolute atomic E-state index is 0.0729. The van der Waals surface area contributed by atoms with E-state index in [1.165, 1.54) is 51.4 Å². The predicted molar refractivity (Wildman–Crippen MR) is 85.9 cm³/mol. The van der Waals surface area contributed by atoms with Crippen molar-refractivity contribution in [2.45, 2.75) is 89.5 Å². The van der Waals surface area contributed by atoms with Gasteiger partial charge in [0.25, 0.3) is 0 Å². The highest BCUT2D eigenvalue weighted by Crippen LogP contribution is 2.30. The Morgan fingerprint density at radius 1 is 1.00 bits per heavy atom. The Balaban J connectivity index is 2.10. The van der Waals surface area contributed by atoms with Gasteiger partial charge in [0.1, 0.15) is 0 Å². The smallest absolute Gasteiger partial charge is 0.221 e. The van der Waals surface area contributed by atoms with Crippen LogP contribution in [0.4, 0.5) is 0 Å². The standard InChI is InChI=1S/C17H34N2O/c1-3-4-5-6-7-11-14-19-16(20)15-17(18-2)12-9-8-10-13-17/h18H,3-15H2,1-2H3,(H,19,20). The maximum absolute atomic E-state index is 12.1. The first-order valence-corrected chi connectivity index (χ1v) is 8.68. The summed E-state index contributed by atoms with van der Waals surface area (Å²) in [4.78, 5) is 12.1. The van der Waals surface area contributed by atoms with Crippen LogP contribution in [-0.4, -0.2) is 25.0 Å². The molecule has 3 heteroatoms. The molecule has 0 aromatic rings. The zero-order chi connectivity index (χ0) is 14.7. The third-order valence-electron chi connectivity index (χ3n) is 4.69. The van der Waals surface area contributed by atoms with Gasteiger partial charge >= 0.3 is 0 Å². The Morgan fingerprint density at radius 3 is 2.30 bits per heavy atom. The molecule has 0 aromatic carbocycles. The van der Waals surface area contributed by atoms with E-state index in [1.807, 2.05) is 7.05 Å². The van der Waals surface area contributed by atoms with Gasteiger partial charge in [0.2, 0.25) is 5.91 Å². The second-order valence-electron chi connectivity index (χ2n) is 6.39. The number of rotatable bonds is 10. The molecule has 1 amide bonds. The highest BCUT2D eigenvalue weighted by Gasteiger charge is 2.32. The first kappa shape index (κ1) is 17.5. The van der Waals surface area contributed by atoms with Crippen LogP contribution in [0.15, 0.2) is 0 Å². The number of carbonyl (C=O) groups excluding carboxylic acids is 1. The van der Waals surface area contributed by atoms with Crippen LogP contribution in [0.3, 0.4) is 0 Å². The van der Waals surface area contributed by atoms with Gasteiger partial charge in [0.05, 0.1) is 0 Å². The quantitative estimate of drug-likeness (QED) is 0.599. The first-order chi connectivity index (χ1) is 9.72. The van der Waals surface area contributed by atoms with Gasteiger partial charge in [-0.15, -0.1) is 0 Å².